The number of carbonyl (C=O) groups is 2. The summed E-state index contributed by atoms with van der Waals surface area (Å²) in [4.78, 5) is 30.3. The van der Waals surface area contributed by atoms with E-state index in [2.05, 4.69) is 9.72 Å². The topological polar surface area (TPSA) is 81.9 Å². The lowest BCUT2D eigenvalue weighted by molar-refractivity contribution is 0.0594. The van der Waals surface area contributed by atoms with E-state index in [1.807, 2.05) is 11.4 Å². The Labute approximate surface area is 137 Å². The van der Waals surface area contributed by atoms with Crippen molar-refractivity contribution in [2.24, 2.45) is 0 Å². The zero-order chi connectivity index (χ0) is 16.7. The number of methoxy groups -OCH3 is 2. The predicted octanol–water partition coefficient (Wildman–Crippen LogP) is 2.20. The van der Waals surface area contributed by atoms with Gasteiger partial charge in [0, 0.05) is 20.3 Å². The monoisotopic (exact) mass is 338 g/mol. The zero-order valence-corrected chi connectivity index (χ0v) is 13.8. The summed E-state index contributed by atoms with van der Waals surface area (Å²) in [6, 6.07) is 3.59. The maximum atomic E-state index is 12.5. The Hall–Kier alpha value is -2.19. The highest BCUT2D eigenvalue weighted by molar-refractivity contribution is 7.12. The van der Waals surface area contributed by atoms with Crippen LogP contribution >= 0.6 is 11.3 Å². The first-order valence-electron chi connectivity index (χ1n) is 7.00. The molecule has 0 radical (unpaired) electrons. The van der Waals surface area contributed by atoms with Gasteiger partial charge in [0.1, 0.15) is 6.26 Å². The van der Waals surface area contributed by atoms with Crippen LogP contribution in [0.25, 0.3) is 0 Å². The maximum absolute atomic E-state index is 12.5. The molecule has 0 aliphatic carbocycles. The molecule has 0 N–H and O–H groups in total. The molecule has 0 aliphatic heterocycles. The number of hydrogen-bond acceptors (Lipinski definition) is 7. The van der Waals surface area contributed by atoms with Gasteiger partial charge in [-0.15, -0.1) is 11.3 Å². The Morgan fingerprint density at radius 1 is 1.39 bits per heavy atom. The molecule has 0 saturated carbocycles. The van der Waals surface area contributed by atoms with Gasteiger partial charge >= 0.3 is 5.97 Å². The lowest BCUT2D eigenvalue weighted by Crippen LogP contribution is -2.31. The van der Waals surface area contributed by atoms with Crippen LogP contribution in [0.15, 0.2) is 28.2 Å². The Balaban J connectivity index is 2.08. The number of oxazole rings is 1. The minimum atomic E-state index is -0.574. The molecule has 124 valence electrons. The molecule has 0 spiro atoms. The highest BCUT2D eigenvalue weighted by atomic mass is 32.1. The van der Waals surface area contributed by atoms with E-state index in [1.54, 1.807) is 18.1 Å². The van der Waals surface area contributed by atoms with E-state index >= 15 is 0 Å². The highest BCUT2D eigenvalue weighted by Gasteiger charge is 2.20. The second kappa shape index (κ2) is 8.44. The van der Waals surface area contributed by atoms with E-state index in [9.17, 15) is 9.59 Å². The van der Waals surface area contributed by atoms with Crippen LogP contribution in [0.4, 0.5) is 0 Å². The molecule has 0 aliphatic rings. The van der Waals surface area contributed by atoms with E-state index < -0.39 is 5.97 Å². The second-order valence-corrected chi connectivity index (χ2v) is 5.62. The van der Waals surface area contributed by atoms with Crippen molar-refractivity contribution in [2.75, 3.05) is 27.4 Å². The van der Waals surface area contributed by atoms with Crippen molar-refractivity contribution in [3.05, 3.63) is 40.2 Å². The van der Waals surface area contributed by atoms with Gasteiger partial charge in [-0.25, -0.2) is 9.78 Å². The fourth-order valence-electron chi connectivity index (χ4n) is 1.95. The molecule has 0 unspecified atom stereocenters. The van der Waals surface area contributed by atoms with Gasteiger partial charge in [-0.1, -0.05) is 6.07 Å². The van der Waals surface area contributed by atoms with Crippen molar-refractivity contribution in [1.82, 2.24) is 9.88 Å². The van der Waals surface area contributed by atoms with E-state index in [1.165, 1.54) is 24.7 Å². The summed E-state index contributed by atoms with van der Waals surface area (Å²) in [5.74, 6) is -0.392. The molecule has 0 aromatic carbocycles. The molecule has 23 heavy (non-hydrogen) atoms. The number of aromatic nitrogens is 1. The van der Waals surface area contributed by atoms with Crippen LogP contribution < -0.4 is 0 Å². The smallest absolute Gasteiger partial charge is 0.360 e. The van der Waals surface area contributed by atoms with Gasteiger partial charge < -0.3 is 18.8 Å². The van der Waals surface area contributed by atoms with Gasteiger partial charge in [0.25, 0.3) is 5.91 Å². The average Bonchev–Trinajstić information content (AvgIpc) is 3.24. The number of nitrogens with zero attached hydrogens (tertiary/aromatic N) is 2. The predicted molar refractivity (Wildman–Crippen MR) is 83.4 cm³/mol. The van der Waals surface area contributed by atoms with Crippen molar-refractivity contribution in [3.63, 3.8) is 0 Å². The fourth-order valence-corrected chi connectivity index (χ4v) is 2.64. The van der Waals surface area contributed by atoms with Crippen molar-refractivity contribution < 1.29 is 23.5 Å². The van der Waals surface area contributed by atoms with Crippen molar-refractivity contribution >= 4 is 23.2 Å². The van der Waals surface area contributed by atoms with Gasteiger partial charge in [-0.3, -0.25) is 4.79 Å². The summed E-state index contributed by atoms with van der Waals surface area (Å²) in [6.07, 6.45) is 1.92. The van der Waals surface area contributed by atoms with Gasteiger partial charge in [-0.2, -0.15) is 0 Å². The number of thiophene rings is 1. The minimum Gasteiger partial charge on any atom is -0.464 e. The van der Waals surface area contributed by atoms with Gasteiger partial charge in [-0.05, 0) is 17.9 Å². The van der Waals surface area contributed by atoms with Crippen molar-refractivity contribution in [3.8, 4) is 0 Å². The first-order valence-corrected chi connectivity index (χ1v) is 7.88. The van der Waals surface area contributed by atoms with Crippen molar-refractivity contribution in [1.29, 1.82) is 0 Å². The zero-order valence-electron chi connectivity index (χ0n) is 13.0. The van der Waals surface area contributed by atoms with Crippen LogP contribution in [0, 0.1) is 0 Å². The van der Waals surface area contributed by atoms with Crippen LogP contribution in [0.3, 0.4) is 0 Å². The minimum absolute atomic E-state index is 0.0860. The summed E-state index contributed by atoms with van der Waals surface area (Å²) in [7, 11) is 2.89. The molecule has 2 heterocycles. The molecule has 8 heteroatoms. The number of esters is 1. The largest absolute Gasteiger partial charge is 0.464 e. The highest BCUT2D eigenvalue weighted by Crippen LogP contribution is 2.15. The van der Waals surface area contributed by atoms with Crippen LogP contribution in [0.5, 0.6) is 0 Å². The summed E-state index contributed by atoms with van der Waals surface area (Å²) >= 11 is 1.38. The summed E-state index contributed by atoms with van der Waals surface area (Å²) in [5, 5.41) is 1.85. The molecule has 0 saturated heterocycles. The quantitative estimate of drug-likeness (QED) is 0.542. The molecule has 1 amide bonds. The molecule has 7 nitrogen and oxygen atoms in total. The van der Waals surface area contributed by atoms with Crippen LogP contribution in [0.1, 0.15) is 32.5 Å². The number of hydrogen-bond donors (Lipinski definition) is 0. The normalized spacial score (nSPS) is 10.5. The van der Waals surface area contributed by atoms with E-state index in [-0.39, 0.29) is 24.0 Å². The Morgan fingerprint density at radius 3 is 2.87 bits per heavy atom. The first kappa shape index (κ1) is 17.2. The van der Waals surface area contributed by atoms with Crippen LogP contribution in [-0.2, 0) is 16.0 Å². The third-order valence-electron chi connectivity index (χ3n) is 3.07. The molecule has 2 aromatic rings. The average molecular weight is 338 g/mol. The summed E-state index contributed by atoms with van der Waals surface area (Å²) in [5.41, 5.74) is 0.0860. The molecule has 2 aromatic heterocycles. The second-order valence-electron chi connectivity index (χ2n) is 4.67. The molecule has 0 bridgehead atoms. The van der Waals surface area contributed by atoms with E-state index in [0.717, 1.165) is 0 Å². The SMILES string of the molecule is COCCCN(Cc1nc(C(=O)OC)co1)C(=O)c1cccs1. The number of carbonyl (C=O) groups excluding carboxylic acids is 2. The lowest BCUT2D eigenvalue weighted by Gasteiger charge is -2.20. The molecule has 0 fully saturated rings. The van der Waals surface area contributed by atoms with Gasteiger partial charge in [0.15, 0.2) is 5.69 Å². The van der Waals surface area contributed by atoms with Crippen molar-refractivity contribution in [2.45, 2.75) is 13.0 Å². The molecule has 2 rings (SSSR count). The Bertz CT molecular complexity index is 638. The summed E-state index contributed by atoms with van der Waals surface area (Å²) < 4.78 is 14.9. The molecular weight excluding hydrogens is 320 g/mol. The van der Waals surface area contributed by atoms with Crippen LogP contribution in [0.2, 0.25) is 0 Å². The third-order valence-corrected chi connectivity index (χ3v) is 3.93. The van der Waals surface area contributed by atoms with E-state index in [4.69, 9.17) is 9.15 Å². The standard InChI is InChI=1S/C15H18N2O5S/c1-20-7-4-6-17(14(18)12-5-3-8-23-12)9-13-16-11(10-22-13)15(19)21-2/h3,5,8,10H,4,6-7,9H2,1-2H3. The van der Waals surface area contributed by atoms with E-state index in [0.29, 0.717) is 24.4 Å². The summed E-state index contributed by atoms with van der Waals surface area (Å²) in [6.45, 7) is 1.23. The number of amides is 1. The number of rotatable bonds is 8. The Kier molecular flexibility index (Phi) is 6.30. The van der Waals surface area contributed by atoms with Crippen LogP contribution in [-0.4, -0.2) is 49.1 Å². The maximum Gasteiger partial charge on any atom is 0.360 e. The molecule has 0 atom stereocenters. The molecular formula is C15H18N2O5S. The first-order chi connectivity index (χ1) is 11.2. The fraction of sp³-hybridized carbons (Fsp3) is 0.400. The van der Waals surface area contributed by atoms with Gasteiger partial charge in [0.05, 0.1) is 18.5 Å². The lowest BCUT2D eigenvalue weighted by atomic mass is 10.3. The third kappa shape index (κ3) is 4.64. The number of ether oxygens (including phenoxy) is 2. The van der Waals surface area contributed by atoms with Gasteiger partial charge in [0.2, 0.25) is 5.89 Å². The Morgan fingerprint density at radius 2 is 2.22 bits per heavy atom.